The van der Waals surface area contributed by atoms with Crippen LogP contribution in [0.4, 0.5) is 4.39 Å². The quantitative estimate of drug-likeness (QED) is 0.868. The van der Waals surface area contributed by atoms with Crippen LogP contribution >= 0.6 is 0 Å². The predicted octanol–water partition coefficient (Wildman–Crippen LogP) is 2.87. The molecule has 1 amide bonds. The van der Waals surface area contributed by atoms with Gasteiger partial charge < -0.3 is 4.90 Å². The second-order valence-electron chi connectivity index (χ2n) is 6.12. The van der Waals surface area contributed by atoms with Crippen molar-refractivity contribution >= 4 is 5.91 Å². The summed E-state index contributed by atoms with van der Waals surface area (Å²) in [6.07, 6.45) is 2.74. The Kier molecular flexibility index (Phi) is 4.34. The number of carbonyl (C=O) groups excluding carboxylic acids is 1. The van der Waals surface area contributed by atoms with Crippen LogP contribution in [0, 0.1) is 17.1 Å². The molecule has 0 radical (unpaired) electrons. The summed E-state index contributed by atoms with van der Waals surface area (Å²) in [7, 11) is 1.67. The topological polar surface area (TPSA) is 61.9 Å². The highest BCUT2D eigenvalue weighted by Crippen LogP contribution is 2.29. The SMILES string of the molecule is CC(CC#N)N(C)C(=O)c1nn(-c2ccccc2F)c2c1CCC2. The Balaban J connectivity index is 2.02. The molecule has 1 atom stereocenters. The number of halogens is 1. The van der Waals surface area contributed by atoms with Crippen molar-refractivity contribution in [3.05, 3.63) is 47.0 Å². The van der Waals surface area contributed by atoms with Gasteiger partial charge in [0.25, 0.3) is 5.91 Å². The van der Waals surface area contributed by atoms with Crippen molar-refractivity contribution in [2.24, 2.45) is 0 Å². The average molecular weight is 326 g/mol. The fraction of sp³-hybridized carbons (Fsp3) is 0.389. The fourth-order valence-electron chi connectivity index (χ4n) is 3.07. The van der Waals surface area contributed by atoms with Crippen LogP contribution in [0.1, 0.15) is 41.5 Å². The summed E-state index contributed by atoms with van der Waals surface area (Å²) in [5.74, 6) is -0.578. The van der Waals surface area contributed by atoms with Crippen LogP contribution in [0.3, 0.4) is 0 Å². The molecule has 6 heteroatoms. The fourth-order valence-corrected chi connectivity index (χ4v) is 3.07. The maximum absolute atomic E-state index is 14.1. The van der Waals surface area contributed by atoms with Crippen LogP contribution in [0.15, 0.2) is 24.3 Å². The molecule has 1 unspecified atom stereocenters. The first-order valence-electron chi connectivity index (χ1n) is 8.04. The van der Waals surface area contributed by atoms with Crippen molar-refractivity contribution in [1.29, 1.82) is 5.26 Å². The summed E-state index contributed by atoms with van der Waals surface area (Å²) in [4.78, 5) is 14.3. The molecule has 0 spiro atoms. The van der Waals surface area contributed by atoms with Gasteiger partial charge in [-0.15, -0.1) is 0 Å². The third-order valence-corrected chi connectivity index (χ3v) is 4.58. The number of rotatable bonds is 4. The minimum Gasteiger partial charge on any atom is -0.337 e. The predicted molar refractivity (Wildman–Crippen MR) is 87.3 cm³/mol. The molecule has 0 saturated heterocycles. The zero-order chi connectivity index (χ0) is 17.3. The normalized spacial score (nSPS) is 14.1. The Labute approximate surface area is 140 Å². The minimum atomic E-state index is -0.361. The first-order chi connectivity index (χ1) is 11.5. The van der Waals surface area contributed by atoms with Gasteiger partial charge in [-0.2, -0.15) is 10.4 Å². The number of hydrogen-bond donors (Lipinski definition) is 0. The van der Waals surface area contributed by atoms with Gasteiger partial charge in [0.15, 0.2) is 5.69 Å². The second kappa shape index (κ2) is 6.44. The molecular weight excluding hydrogens is 307 g/mol. The van der Waals surface area contributed by atoms with Crippen LogP contribution in [-0.4, -0.2) is 33.7 Å². The smallest absolute Gasteiger partial charge is 0.274 e. The highest BCUT2D eigenvalue weighted by Gasteiger charge is 2.30. The summed E-state index contributed by atoms with van der Waals surface area (Å²) < 4.78 is 15.7. The highest BCUT2D eigenvalue weighted by atomic mass is 19.1. The van der Waals surface area contributed by atoms with Gasteiger partial charge in [0.2, 0.25) is 0 Å². The van der Waals surface area contributed by atoms with Crippen molar-refractivity contribution in [2.75, 3.05) is 7.05 Å². The lowest BCUT2D eigenvalue weighted by Crippen LogP contribution is -2.35. The van der Waals surface area contributed by atoms with Gasteiger partial charge in [-0.3, -0.25) is 4.79 Å². The molecule has 1 aromatic carbocycles. The van der Waals surface area contributed by atoms with E-state index in [9.17, 15) is 9.18 Å². The Morgan fingerprint density at radius 3 is 2.92 bits per heavy atom. The summed E-state index contributed by atoms with van der Waals surface area (Å²) >= 11 is 0. The molecule has 0 bridgehead atoms. The van der Waals surface area contributed by atoms with E-state index in [1.165, 1.54) is 11.0 Å². The number of carbonyl (C=O) groups is 1. The van der Waals surface area contributed by atoms with Crippen LogP contribution in [0.5, 0.6) is 0 Å². The molecule has 0 fully saturated rings. The van der Waals surface area contributed by atoms with E-state index in [2.05, 4.69) is 11.2 Å². The molecule has 24 heavy (non-hydrogen) atoms. The van der Waals surface area contributed by atoms with E-state index in [0.717, 1.165) is 30.5 Å². The number of amides is 1. The second-order valence-corrected chi connectivity index (χ2v) is 6.12. The third-order valence-electron chi connectivity index (χ3n) is 4.58. The van der Waals surface area contributed by atoms with Crippen LogP contribution in [0.25, 0.3) is 5.69 Å². The molecule has 1 aliphatic rings. The molecule has 0 aliphatic heterocycles. The van der Waals surface area contributed by atoms with Crippen molar-refractivity contribution < 1.29 is 9.18 Å². The van der Waals surface area contributed by atoms with E-state index < -0.39 is 0 Å². The van der Waals surface area contributed by atoms with Gasteiger partial charge in [0.1, 0.15) is 11.5 Å². The van der Waals surface area contributed by atoms with Crippen molar-refractivity contribution in [1.82, 2.24) is 14.7 Å². The zero-order valence-electron chi connectivity index (χ0n) is 13.8. The summed E-state index contributed by atoms with van der Waals surface area (Å²) in [5, 5.41) is 13.3. The maximum Gasteiger partial charge on any atom is 0.274 e. The first-order valence-corrected chi connectivity index (χ1v) is 8.04. The van der Waals surface area contributed by atoms with Crippen LogP contribution in [0.2, 0.25) is 0 Å². The summed E-state index contributed by atoms with van der Waals surface area (Å²) in [6, 6.07) is 8.32. The van der Waals surface area contributed by atoms with Crippen LogP contribution < -0.4 is 0 Å². The lowest BCUT2D eigenvalue weighted by atomic mass is 10.1. The maximum atomic E-state index is 14.1. The number of para-hydroxylation sites is 1. The van der Waals surface area contributed by atoms with E-state index in [1.54, 1.807) is 29.9 Å². The van der Waals surface area contributed by atoms with E-state index in [0.29, 0.717) is 11.4 Å². The average Bonchev–Trinajstić information content (AvgIpc) is 3.17. The molecule has 124 valence electrons. The molecule has 0 N–H and O–H groups in total. The lowest BCUT2D eigenvalue weighted by molar-refractivity contribution is 0.0738. The van der Waals surface area contributed by atoms with E-state index in [4.69, 9.17) is 5.26 Å². The van der Waals surface area contributed by atoms with Gasteiger partial charge >= 0.3 is 0 Å². The Bertz CT molecular complexity index is 821. The van der Waals surface area contributed by atoms with E-state index in [-0.39, 0.29) is 24.2 Å². The largest absolute Gasteiger partial charge is 0.337 e. The molecule has 3 rings (SSSR count). The highest BCUT2D eigenvalue weighted by molar-refractivity contribution is 5.94. The van der Waals surface area contributed by atoms with Crippen molar-refractivity contribution in [2.45, 2.75) is 38.6 Å². The standard InChI is InChI=1S/C18H19FN4O/c1-12(10-11-20)22(2)18(24)17-13-6-5-9-15(13)23(21-17)16-8-4-3-7-14(16)19/h3-4,7-8,12H,5-6,9-10H2,1-2H3. The number of nitrogens with zero attached hydrogens (tertiary/aromatic N) is 4. The van der Waals surface area contributed by atoms with E-state index in [1.807, 2.05) is 6.92 Å². The number of hydrogen-bond acceptors (Lipinski definition) is 3. The van der Waals surface area contributed by atoms with Crippen molar-refractivity contribution in [3.8, 4) is 11.8 Å². The summed E-state index contributed by atoms with van der Waals surface area (Å²) in [6.45, 7) is 1.83. The summed E-state index contributed by atoms with van der Waals surface area (Å²) in [5.41, 5.74) is 2.55. The third kappa shape index (κ3) is 2.67. The lowest BCUT2D eigenvalue weighted by Gasteiger charge is -2.22. The number of aromatic nitrogens is 2. The van der Waals surface area contributed by atoms with E-state index >= 15 is 0 Å². The first kappa shape index (κ1) is 16.2. The van der Waals surface area contributed by atoms with Gasteiger partial charge in [-0.1, -0.05) is 12.1 Å². The van der Waals surface area contributed by atoms with Gasteiger partial charge in [-0.25, -0.2) is 9.07 Å². The van der Waals surface area contributed by atoms with Gasteiger partial charge in [0.05, 0.1) is 12.5 Å². The molecule has 1 heterocycles. The van der Waals surface area contributed by atoms with Gasteiger partial charge in [-0.05, 0) is 38.3 Å². The number of fused-ring (bicyclic) bond motifs is 1. The number of benzene rings is 1. The Hall–Kier alpha value is -2.68. The molecule has 1 aromatic heterocycles. The van der Waals surface area contributed by atoms with Gasteiger partial charge in [0, 0.05) is 24.3 Å². The van der Waals surface area contributed by atoms with Crippen molar-refractivity contribution in [3.63, 3.8) is 0 Å². The Morgan fingerprint density at radius 2 is 2.21 bits per heavy atom. The monoisotopic (exact) mass is 326 g/mol. The Morgan fingerprint density at radius 1 is 1.46 bits per heavy atom. The molecule has 1 aliphatic carbocycles. The zero-order valence-corrected chi connectivity index (χ0v) is 13.8. The van der Waals surface area contributed by atoms with Crippen LogP contribution in [-0.2, 0) is 12.8 Å². The minimum absolute atomic E-state index is 0.196. The molecule has 0 saturated carbocycles. The molecule has 2 aromatic rings. The molecular formula is C18H19FN4O. The number of nitriles is 1. The molecule has 5 nitrogen and oxygen atoms in total.